The third kappa shape index (κ3) is 4.91. The van der Waals surface area contributed by atoms with E-state index in [9.17, 15) is 14.7 Å². The fourth-order valence-corrected chi connectivity index (χ4v) is 1.64. The van der Waals surface area contributed by atoms with Crippen LogP contribution in [0.5, 0.6) is 5.75 Å². The quantitative estimate of drug-likeness (QED) is 0.453. The summed E-state index contributed by atoms with van der Waals surface area (Å²) < 4.78 is 0. The van der Waals surface area contributed by atoms with Crippen LogP contribution in [0.15, 0.2) is 30.9 Å². The molecule has 1 aromatic rings. The van der Waals surface area contributed by atoms with Crippen molar-refractivity contribution in [2.45, 2.75) is 12.5 Å². The standard InChI is InChI=1S/C13H15ClN2O4/c1-2-5-15-10(13(19)20)7-12(18)16-9-6-8(14)3-4-11(9)17/h2-4,6,10,15,17H,1,5,7H2,(H,16,18)(H,19,20)/t10-/m0/s1. The number of aliphatic carboxylic acids is 1. The van der Waals surface area contributed by atoms with Gasteiger partial charge in [0.15, 0.2) is 0 Å². The van der Waals surface area contributed by atoms with Gasteiger partial charge in [0.05, 0.1) is 12.1 Å². The normalized spacial score (nSPS) is 11.7. The van der Waals surface area contributed by atoms with Gasteiger partial charge in [0, 0.05) is 11.6 Å². The number of carboxylic acid groups (broad SMARTS) is 1. The first-order chi connectivity index (χ1) is 9.43. The molecule has 7 heteroatoms. The zero-order valence-corrected chi connectivity index (χ0v) is 11.4. The van der Waals surface area contributed by atoms with E-state index in [1.807, 2.05) is 0 Å². The summed E-state index contributed by atoms with van der Waals surface area (Å²) in [5, 5.41) is 23.9. The van der Waals surface area contributed by atoms with Crippen molar-refractivity contribution < 1.29 is 19.8 Å². The van der Waals surface area contributed by atoms with Crippen molar-refractivity contribution in [1.82, 2.24) is 5.32 Å². The topological polar surface area (TPSA) is 98.7 Å². The summed E-state index contributed by atoms with van der Waals surface area (Å²) >= 11 is 5.75. The van der Waals surface area contributed by atoms with Gasteiger partial charge in [-0.05, 0) is 18.2 Å². The lowest BCUT2D eigenvalue weighted by molar-refractivity contribution is -0.140. The van der Waals surface area contributed by atoms with Crippen LogP contribution in [0.4, 0.5) is 5.69 Å². The minimum Gasteiger partial charge on any atom is -0.506 e. The largest absolute Gasteiger partial charge is 0.506 e. The molecule has 0 bridgehead atoms. The minimum absolute atomic E-state index is 0.135. The van der Waals surface area contributed by atoms with E-state index in [2.05, 4.69) is 17.2 Å². The zero-order valence-electron chi connectivity index (χ0n) is 10.6. The van der Waals surface area contributed by atoms with Crippen LogP contribution in [-0.4, -0.2) is 34.7 Å². The zero-order chi connectivity index (χ0) is 15.1. The Hall–Kier alpha value is -2.05. The number of carboxylic acids is 1. The maximum atomic E-state index is 11.8. The molecule has 0 unspecified atom stereocenters. The SMILES string of the molecule is C=CCN[C@@H](CC(=O)Nc1cc(Cl)ccc1O)C(=O)O. The smallest absolute Gasteiger partial charge is 0.321 e. The number of benzene rings is 1. The van der Waals surface area contributed by atoms with E-state index in [0.717, 1.165) is 0 Å². The van der Waals surface area contributed by atoms with Crippen molar-refractivity contribution in [3.05, 3.63) is 35.9 Å². The van der Waals surface area contributed by atoms with Gasteiger partial charge in [0.1, 0.15) is 11.8 Å². The fraction of sp³-hybridized carbons (Fsp3) is 0.231. The van der Waals surface area contributed by atoms with E-state index in [1.54, 1.807) is 0 Å². The maximum absolute atomic E-state index is 11.8. The van der Waals surface area contributed by atoms with Gasteiger partial charge in [-0.25, -0.2) is 0 Å². The Kier molecular flexibility index (Phi) is 6.02. The first-order valence-corrected chi connectivity index (χ1v) is 6.17. The fourth-order valence-electron chi connectivity index (χ4n) is 1.47. The molecule has 0 saturated heterocycles. The Morgan fingerprint density at radius 3 is 2.75 bits per heavy atom. The Bertz CT molecular complexity index is 519. The second kappa shape index (κ2) is 7.52. The van der Waals surface area contributed by atoms with E-state index >= 15 is 0 Å². The van der Waals surface area contributed by atoms with E-state index < -0.39 is 17.9 Å². The summed E-state index contributed by atoms with van der Waals surface area (Å²) in [4.78, 5) is 22.7. The highest BCUT2D eigenvalue weighted by molar-refractivity contribution is 6.31. The van der Waals surface area contributed by atoms with Gasteiger partial charge < -0.3 is 20.8 Å². The number of amides is 1. The molecule has 0 saturated carbocycles. The highest BCUT2D eigenvalue weighted by Gasteiger charge is 2.20. The van der Waals surface area contributed by atoms with E-state index in [4.69, 9.17) is 16.7 Å². The molecule has 1 aromatic carbocycles. The lowest BCUT2D eigenvalue weighted by Crippen LogP contribution is -2.39. The van der Waals surface area contributed by atoms with Crippen molar-refractivity contribution in [2.75, 3.05) is 11.9 Å². The molecule has 1 atom stereocenters. The Morgan fingerprint density at radius 2 is 2.15 bits per heavy atom. The summed E-state index contributed by atoms with van der Waals surface area (Å²) in [6.07, 6.45) is 1.21. The molecular formula is C13H15ClN2O4. The van der Waals surface area contributed by atoms with Gasteiger partial charge in [0.2, 0.25) is 5.91 Å². The molecule has 0 spiro atoms. The van der Waals surface area contributed by atoms with Crippen LogP contribution < -0.4 is 10.6 Å². The average molecular weight is 299 g/mol. The highest BCUT2D eigenvalue weighted by atomic mass is 35.5. The summed E-state index contributed by atoms with van der Waals surface area (Å²) in [5.41, 5.74) is 0.135. The lowest BCUT2D eigenvalue weighted by Gasteiger charge is -2.13. The number of rotatable bonds is 7. The summed E-state index contributed by atoms with van der Waals surface area (Å²) in [5.74, 6) is -1.84. The molecular weight excluding hydrogens is 284 g/mol. The molecule has 0 aliphatic carbocycles. The van der Waals surface area contributed by atoms with Crippen molar-refractivity contribution in [1.29, 1.82) is 0 Å². The first-order valence-electron chi connectivity index (χ1n) is 5.79. The number of carbonyl (C=O) groups excluding carboxylic acids is 1. The molecule has 0 aromatic heterocycles. The van der Waals surface area contributed by atoms with Crippen molar-refractivity contribution in [2.24, 2.45) is 0 Å². The molecule has 0 aliphatic heterocycles. The monoisotopic (exact) mass is 298 g/mol. The van der Waals surface area contributed by atoms with E-state index in [-0.39, 0.29) is 24.4 Å². The molecule has 6 nitrogen and oxygen atoms in total. The predicted molar refractivity (Wildman–Crippen MR) is 76.0 cm³/mol. The summed E-state index contributed by atoms with van der Waals surface area (Å²) in [7, 11) is 0. The van der Waals surface area contributed by atoms with Crippen LogP contribution in [-0.2, 0) is 9.59 Å². The maximum Gasteiger partial charge on any atom is 0.321 e. The molecule has 4 N–H and O–H groups in total. The summed E-state index contributed by atoms with van der Waals surface area (Å²) in [6.45, 7) is 3.73. The first kappa shape index (κ1) is 16.0. The van der Waals surface area contributed by atoms with Gasteiger partial charge in [-0.15, -0.1) is 6.58 Å². The molecule has 20 heavy (non-hydrogen) atoms. The minimum atomic E-state index is -1.14. The highest BCUT2D eigenvalue weighted by Crippen LogP contribution is 2.26. The van der Waals surface area contributed by atoms with Gasteiger partial charge in [0.25, 0.3) is 0 Å². The van der Waals surface area contributed by atoms with Crippen molar-refractivity contribution in [3.8, 4) is 5.75 Å². The van der Waals surface area contributed by atoms with Crippen LogP contribution in [0.25, 0.3) is 0 Å². The molecule has 0 fully saturated rings. The van der Waals surface area contributed by atoms with Crippen LogP contribution in [0.1, 0.15) is 6.42 Å². The molecule has 108 valence electrons. The number of halogens is 1. The summed E-state index contributed by atoms with van der Waals surface area (Å²) in [6, 6.07) is 3.15. The third-order valence-corrected chi connectivity index (χ3v) is 2.66. The molecule has 1 rings (SSSR count). The predicted octanol–water partition coefficient (Wildman–Crippen LogP) is 1.60. The number of hydrogen-bond acceptors (Lipinski definition) is 4. The van der Waals surface area contributed by atoms with Crippen LogP contribution >= 0.6 is 11.6 Å². The number of phenols is 1. The lowest BCUT2D eigenvalue weighted by atomic mass is 10.2. The molecule has 0 aliphatic rings. The van der Waals surface area contributed by atoms with E-state index in [1.165, 1.54) is 24.3 Å². The number of anilines is 1. The van der Waals surface area contributed by atoms with Gasteiger partial charge in [-0.2, -0.15) is 0 Å². The van der Waals surface area contributed by atoms with Crippen molar-refractivity contribution >= 4 is 29.2 Å². The number of phenolic OH excluding ortho intramolecular Hbond substituents is 1. The van der Waals surface area contributed by atoms with Crippen LogP contribution in [0.2, 0.25) is 5.02 Å². The number of aromatic hydroxyl groups is 1. The van der Waals surface area contributed by atoms with Gasteiger partial charge in [-0.3, -0.25) is 9.59 Å². The third-order valence-electron chi connectivity index (χ3n) is 2.43. The second-order valence-corrected chi connectivity index (χ2v) is 4.44. The Morgan fingerprint density at radius 1 is 1.45 bits per heavy atom. The van der Waals surface area contributed by atoms with Gasteiger partial charge in [-0.1, -0.05) is 17.7 Å². The molecule has 0 radical (unpaired) electrons. The number of hydrogen-bond donors (Lipinski definition) is 4. The van der Waals surface area contributed by atoms with E-state index in [0.29, 0.717) is 5.02 Å². The molecule has 0 heterocycles. The Balaban J connectivity index is 2.67. The van der Waals surface area contributed by atoms with Crippen LogP contribution in [0, 0.1) is 0 Å². The van der Waals surface area contributed by atoms with Gasteiger partial charge >= 0.3 is 5.97 Å². The number of nitrogens with one attached hydrogen (secondary N) is 2. The second-order valence-electron chi connectivity index (χ2n) is 4.00. The van der Waals surface area contributed by atoms with Crippen LogP contribution in [0.3, 0.4) is 0 Å². The average Bonchev–Trinajstić information content (AvgIpc) is 2.38. The van der Waals surface area contributed by atoms with Crippen molar-refractivity contribution in [3.63, 3.8) is 0 Å². The number of carbonyl (C=O) groups is 2. The Labute approximate surface area is 121 Å². The molecule has 1 amide bonds.